The first-order chi connectivity index (χ1) is 16.5. The van der Waals surface area contributed by atoms with Crippen LogP contribution in [0.3, 0.4) is 0 Å². The zero-order chi connectivity index (χ0) is 23.6. The molecular weight excluding hydrogens is 516 g/mol. The molecule has 9 nitrogen and oxygen atoms in total. The monoisotopic (exact) mass is 548 g/mol. The molecule has 1 amide bonds. The number of anilines is 1. The van der Waals surface area contributed by atoms with E-state index in [0.717, 1.165) is 58.0 Å². The molecule has 1 unspecified atom stereocenters. The van der Waals surface area contributed by atoms with Gasteiger partial charge in [0.15, 0.2) is 12.6 Å². The van der Waals surface area contributed by atoms with Crippen molar-refractivity contribution < 1.29 is 45.3 Å². The maximum Gasteiger partial charge on any atom is 0.346 e. The highest BCUT2D eigenvalue weighted by molar-refractivity contribution is 5.89. The fraction of sp³-hybridized carbons (Fsp3) is 0.600. The number of rotatable bonds is 7. The Morgan fingerprint density at radius 3 is 2.49 bits per heavy atom. The zero-order valence-electron chi connectivity index (χ0n) is 19.8. The van der Waals surface area contributed by atoms with Gasteiger partial charge in [0.25, 0.3) is 5.91 Å². The molecule has 190 valence electrons. The number of nitrogens with zero attached hydrogens (tertiary/aromatic N) is 3. The molecule has 4 fully saturated rings. The van der Waals surface area contributed by atoms with Crippen LogP contribution in [-0.2, 0) is 19.9 Å². The largest absolute Gasteiger partial charge is 1.00 e. The molecule has 5 heterocycles. The lowest BCUT2D eigenvalue weighted by Gasteiger charge is -2.51. The van der Waals surface area contributed by atoms with Crippen molar-refractivity contribution in [2.24, 2.45) is 11.8 Å². The molecule has 10 heteroatoms. The number of carbonyl (C=O) groups excluding carboxylic acids is 2. The Morgan fingerprint density at radius 2 is 1.83 bits per heavy atom. The molecule has 4 aliphatic rings. The van der Waals surface area contributed by atoms with Gasteiger partial charge in [-0.25, -0.2) is 14.8 Å². The van der Waals surface area contributed by atoms with Crippen LogP contribution >= 0.6 is 0 Å². The van der Waals surface area contributed by atoms with Gasteiger partial charge in [-0.15, -0.1) is 0 Å². The number of piperidine rings is 3. The quantitative estimate of drug-likeness (QED) is 0.358. The first-order valence-electron chi connectivity index (χ1n) is 12.4. The van der Waals surface area contributed by atoms with Gasteiger partial charge in [-0.3, -0.25) is 10.1 Å². The lowest BCUT2D eigenvalue weighted by molar-refractivity contribution is -0.939. The van der Waals surface area contributed by atoms with Crippen LogP contribution in [0.15, 0.2) is 41.3 Å². The Bertz CT molecular complexity index is 991. The zero-order valence-corrected chi connectivity index (χ0v) is 21.4. The molecule has 2 aromatic rings. The van der Waals surface area contributed by atoms with Gasteiger partial charge in [0, 0.05) is 37.1 Å². The third-order valence-corrected chi connectivity index (χ3v) is 8.00. The van der Waals surface area contributed by atoms with Crippen molar-refractivity contribution in [1.82, 2.24) is 9.97 Å². The minimum Gasteiger partial charge on any atom is -1.00 e. The van der Waals surface area contributed by atoms with Gasteiger partial charge in [-0.05, 0) is 31.0 Å². The molecule has 0 radical (unpaired) electrons. The van der Waals surface area contributed by atoms with Crippen LogP contribution in [0, 0.1) is 11.8 Å². The fourth-order valence-electron chi connectivity index (χ4n) is 6.12. The van der Waals surface area contributed by atoms with Crippen LogP contribution in [0.5, 0.6) is 0 Å². The Balaban J connectivity index is 0.00000289. The van der Waals surface area contributed by atoms with Crippen molar-refractivity contribution in [3.8, 4) is 0 Å². The number of aliphatic hydroxyl groups is 1. The lowest BCUT2D eigenvalue weighted by atomic mass is 9.75. The predicted molar refractivity (Wildman–Crippen MR) is 122 cm³/mol. The van der Waals surface area contributed by atoms with Crippen LogP contribution in [0.1, 0.15) is 50.7 Å². The summed E-state index contributed by atoms with van der Waals surface area (Å²) in [6.07, 6.45) is 10.7. The van der Waals surface area contributed by atoms with Gasteiger partial charge in [0.05, 0.1) is 19.4 Å². The van der Waals surface area contributed by atoms with E-state index in [4.69, 9.17) is 9.15 Å². The molecule has 2 N–H and O–H groups in total. The van der Waals surface area contributed by atoms with Crippen molar-refractivity contribution in [2.45, 2.75) is 56.7 Å². The minimum atomic E-state index is -1.78. The molecule has 3 aliphatic heterocycles. The number of halogens is 1. The number of aromatic nitrogens is 2. The topological polar surface area (TPSA) is 115 Å². The number of hydrogen-bond donors (Lipinski definition) is 2. The highest BCUT2D eigenvalue weighted by Gasteiger charge is 2.54. The minimum absolute atomic E-state index is 0. The number of amides is 1. The van der Waals surface area contributed by atoms with E-state index in [9.17, 15) is 14.7 Å². The van der Waals surface area contributed by atoms with E-state index in [1.165, 1.54) is 6.26 Å². The summed E-state index contributed by atoms with van der Waals surface area (Å²) in [4.78, 5) is 34.4. The Labute approximate surface area is 215 Å². The van der Waals surface area contributed by atoms with Gasteiger partial charge in [0.2, 0.25) is 11.5 Å². The molecule has 2 atom stereocenters. The number of quaternary nitrogens is 1. The molecule has 35 heavy (non-hydrogen) atoms. The number of nitrogens with one attached hydrogen (secondary N) is 1. The highest BCUT2D eigenvalue weighted by atomic mass is 79.9. The summed E-state index contributed by atoms with van der Waals surface area (Å²) in [5.41, 5.74) is -1.78. The summed E-state index contributed by atoms with van der Waals surface area (Å²) >= 11 is 0. The first-order valence-corrected chi connectivity index (χ1v) is 12.4. The SMILES string of the molecule is O=C(C[N+]12CCC(CC1)[C@@H](OC(=O)C(O)(c1ccco1)C1CCCCC1)C2)Nc1ncccn1.[Br-]. The van der Waals surface area contributed by atoms with Crippen LogP contribution in [0.2, 0.25) is 0 Å². The van der Waals surface area contributed by atoms with Crippen molar-refractivity contribution in [1.29, 1.82) is 0 Å². The van der Waals surface area contributed by atoms with E-state index < -0.39 is 11.6 Å². The highest BCUT2D eigenvalue weighted by Crippen LogP contribution is 2.42. The lowest BCUT2D eigenvalue weighted by Crippen LogP contribution is -3.00. The van der Waals surface area contributed by atoms with E-state index in [1.807, 2.05) is 0 Å². The summed E-state index contributed by atoms with van der Waals surface area (Å²) in [5, 5.41) is 14.5. The van der Waals surface area contributed by atoms with Crippen LogP contribution in [0.4, 0.5) is 5.95 Å². The van der Waals surface area contributed by atoms with Crippen LogP contribution in [0.25, 0.3) is 0 Å². The number of furan rings is 1. The fourth-order valence-corrected chi connectivity index (χ4v) is 6.12. The van der Waals surface area contributed by atoms with Gasteiger partial charge in [-0.2, -0.15) is 0 Å². The number of hydrogen-bond acceptors (Lipinski definition) is 7. The molecule has 2 bridgehead atoms. The third-order valence-electron chi connectivity index (χ3n) is 8.00. The predicted octanol–water partition coefficient (Wildman–Crippen LogP) is -0.368. The number of esters is 1. The Kier molecular flexibility index (Phi) is 7.92. The van der Waals surface area contributed by atoms with Gasteiger partial charge in [0.1, 0.15) is 12.3 Å². The number of fused-ring (bicyclic) bond motifs is 3. The van der Waals surface area contributed by atoms with Gasteiger partial charge in [-0.1, -0.05) is 19.3 Å². The van der Waals surface area contributed by atoms with E-state index >= 15 is 0 Å². The molecule has 6 rings (SSSR count). The average Bonchev–Trinajstić information content (AvgIpc) is 3.40. The summed E-state index contributed by atoms with van der Waals surface area (Å²) < 4.78 is 12.2. The van der Waals surface area contributed by atoms with Crippen molar-refractivity contribution in [2.75, 3.05) is 31.5 Å². The van der Waals surface area contributed by atoms with E-state index in [2.05, 4.69) is 15.3 Å². The molecule has 2 aromatic heterocycles. The Morgan fingerprint density at radius 1 is 1.11 bits per heavy atom. The normalized spacial score (nSPS) is 27.9. The second-order valence-electron chi connectivity index (χ2n) is 10.1. The Hall–Kier alpha value is -2.30. The molecule has 1 aliphatic carbocycles. The molecular formula is C25H33BrN4O5. The van der Waals surface area contributed by atoms with Gasteiger partial charge >= 0.3 is 5.97 Å². The smallest absolute Gasteiger partial charge is 0.346 e. The maximum atomic E-state index is 13.5. The van der Waals surface area contributed by atoms with Crippen LogP contribution in [-0.4, -0.2) is 63.7 Å². The van der Waals surface area contributed by atoms with E-state index in [-0.39, 0.29) is 59.1 Å². The summed E-state index contributed by atoms with van der Waals surface area (Å²) in [6, 6.07) is 5.05. The van der Waals surface area contributed by atoms with Crippen molar-refractivity contribution >= 4 is 17.8 Å². The second kappa shape index (κ2) is 10.8. The standard InChI is InChI=1S/C25H32N4O5.BrH/c30-22(28-24-26-11-5-12-27-24)17-29-13-9-18(10-14-29)20(16-29)34-23(31)25(32,21-8-4-15-33-21)19-6-2-1-3-7-19;/h4-5,8,11-12,15,18-20,32H,1-3,6-7,9-10,13-14,16-17H2;1H/t18?,20-,25?,29?;/m0./s1. The summed E-state index contributed by atoms with van der Waals surface area (Å²) in [6.45, 7) is 2.59. The number of ether oxygens (including phenoxy) is 1. The molecule has 0 spiro atoms. The molecule has 1 saturated carbocycles. The van der Waals surface area contributed by atoms with Gasteiger partial charge < -0.3 is 35.7 Å². The average molecular weight is 549 g/mol. The molecule has 0 aromatic carbocycles. The third kappa shape index (κ3) is 5.29. The summed E-state index contributed by atoms with van der Waals surface area (Å²) in [7, 11) is 0. The number of carbonyl (C=O) groups is 2. The summed E-state index contributed by atoms with van der Waals surface area (Å²) in [5.74, 6) is -0.190. The molecule has 3 saturated heterocycles. The first kappa shape index (κ1) is 25.8. The van der Waals surface area contributed by atoms with Crippen molar-refractivity contribution in [3.05, 3.63) is 42.6 Å². The maximum absolute atomic E-state index is 13.5. The van der Waals surface area contributed by atoms with Crippen LogP contribution < -0.4 is 22.3 Å². The second-order valence-corrected chi connectivity index (χ2v) is 10.1. The van der Waals surface area contributed by atoms with Crippen molar-refractivity contribution in [3.63, 3.8) is 0 Å². The van der Waals surface area contributed by atoms with E-state index in [1.54, 1.807) is 30.6 Å². The van der Waals surface area contributed by atoms with E-state index in [0.29, 0.717) is 11.0 Å².